The molecule has 0 amide bonds. The Labute approximate surface area is 145 Å². The molecule has 0 atom stereocenters. The van der Waals surface area contributed by atoms with Gasteiger partial charge in [0.1, 0.15) is 11.4 Å². The molecule has 3 rings (SSSR count). The van der Waals surface area contributed by atoms with Gasteiger partial charge >= 0.3 is 0 Å². The molecule has 1 aliphatic carbocycles. The Morgan fingerprint density at radius 1 is 0.917 bits per heavy atom. The summed E-state index contributed by atoms with van der Waals surface area (Å²) in [6, 6.07) is 9.52. The van der Waals surface area contributed by atoms with Crippen LogP contribution in [0.15, 0.2) is 40.9 Å². The predicted molar refractivity (Wildman–Crippen MR) is 93.1 cm³/mol. The SMILES string of the molecule is O=[N+]([O-])c1cc(Br)ccc1NNc1ccc(C2CC2)cc1[N+](=O)[O-]. The van der Waals surface area contributed by atoms with Crippen LogP contribution in [0.2, 0.25) is 0 Å². The molecule has 0 spiro atoms. The van der Waals surface area contributed by atoms with Crippen molar-refractivity contribution in [1.82, 2.24) is 0 Å². The number of hydrazine groups is 1. The number of rotatable bonds is 6. The number of nitrogens with one attached hydrogen (secondary N) is 2. The van der Waals surface area contributed by atoms with E-state index in [0.717, 1.165) is 18.4 Å². The molecule has 0 radical (unpaired) electrons. The smallest absolute Gasteiger partial charge is 0.294 e. The van der Waals surface area contributed by atoms with Crippen LogP contribution in [-0.2, 0) is 0 Å². The highest BCUT2D eigenvalue weighted by Crippen LogP contribution is 2.42. The summed E-state index contributed by atoms with van der Waals surface area (Å²) >= 11 is 3.18. The van der Waals surface area contributed by atoms with Gasteiger partial charge in [-0.1, -0.05) is 22.0 Å². The molecule has 1 aliphatic rings. The van der Waals surface area contributed by atoms with E-state index in [9.17, 15) is 20.2 Å². The maximum atomic E-state index is 11.3. The summed E-state index contributed by atoms with van der Waals surface area (Å²) in [7, 11) is 0. The van der Waals surface area contributed by atoms with E-state index in [4.69, 9.17) is 0 Å². The van der Waals surface area contributed by atoms with Gasteiger partial charge in [-0.2, -0.15) is 0 Å². The van der Waals surface area contributed by atoms with Crippen molar-refractivity contribution < 1.29 is 9.85 Å². The standard InChI is InChI=1S/C15H13BrN4O4/c16-11-4-6-13(15(8-11)20(23)24)18-17-12-5-3-10(9-1-2-9)7-14(12)19(21)22/h3-9,17-18H,1-2H2. The maximum Gasteiger partial charge on any atom is 0.295 e. The van der Waals surface area contributed by atoms with Crippen LogP contribution in [0.4, 0.5) is 22.7 Å². The van der Waals surface area contributed by atoms with E-state index in [0.29, 0.717) is 10.4 Å². The Hall–Kier alpha value is -2.68. The highest BCUT2D eigenvalue weighted by atomic mass is 79.9. The van der Waals surface area contributed by atoms with Crippen molar-refractivity contribution in [2.45, 2.75) is 18.8 Å². The van der Waals surface area contributed by atoms with Gasteiger partial charge in [0.25, 0.3) is 11.4 Å². The molecule has 0 aromatic heterocycles. The van der Waals surface area contributed by atoms with Crippen molar-refractivity contribution in [3.05, 3.63) is 66.7 Å². The summed E-state index contributed by atoms with van der Waals surface area (Å²) in [6.07, 6.45) is 2.10. The fraction of sp³-hybridized carbons (Fsp3) is 0.200. The van der Waals surface area contributed by atoms with Gasteiger partial charge in [-0.15, -0.1) is 0 Å². The zero-order valence-electron chi connectivity index (χ0n) is 12.4. The molecule has 124 valence electrons. The normalized spacial score (nSPS) is 13.4. The summed E-state index contributed by atoms with van der Waals surface area (Å²) in [5.74, 6) is 0.401. The number of anilines is 2. The van der Waals surface area contributed by atoms with Crippen molar-refractivity contribution in [1.29, 1.82) is 0 Å². The van der Waals surface area contributed by atoms with Crippen LogP contribution >= 0.6 is 15.9 Å². The first-order valence-electron chi connectivity index (χ1n) is 7.20. The van der Waals surface area contributed by atoms with E-state index < -0.39 is 9.85 Å². The maximum absolute atomic E-state index is 11.3. The third-order valence-electron chi connectivity index (χ3n) is 3.76. The molecule has 8 nitrogen and oxygen atoms in total. The minimum Gasteiger partial charge on any atom is -0.294 e. The predicted octanol–water partition coefficient (Wildman–Crippen LogP) is 4.58. The number of hydrogen-bond donors (Lipinski definition) is 2. The van der Waals surface area contributed by atoms with Gasteiger partial charge in [0, 0.05) is 16.6 Å². The first-order chi connectivity index (χ1) is 11.5. The monoisotopic (exact) mass is 392 g/mol. The molecule has 9 heteroatoms. The lowest BCUT2D eigenvalue weighted by molar-refractivity contribution is -0.384. The first kappa shape index (κ1) is 16.2. The third-order valence-corrected chi connectivity index (χ3v) is 4.25. The lowest BCUT2D eigenvalue weighted by Crippen LogP contribution is -2.12. The second-order valence-corrected chi connectivity index (χ2v) is 6.39. The molecule has 1 fully saturated rings. The molecule has 1 saturated carbocycles. The Balaban J connectivity index is 1.84. The number of benzene rings is 2. The summed E-state index contributed by atoms with van der Waals surface area (Å²) in [4.78, 5) is 21.4. The summed E-state index contributed by atoms with van der Waals surface area (Å²) in [5.41, 5.74) is 6.58. The molecule has 0 bridgehead atoms. The number of nitro groups is 2. The second kappa shape index (κ2) is 6.44. The molecular formula is C15H13BrN4O4. The van der Waals surface area contributed by atoms with Gasteiger partial charge in [0.2, 0.25) is 0 Å². The van der Waals surface area contributed by atoms with Crippen LogP contribution in [-0.4, -0.2) is 9.85 Å². The van der Waals surface area contributed by atoms with Crippen LogP contribution in [0.1, 0.15) is 24.3 Å². The molecule has 0 unspecified atom stereocenters. The Morgan fingerprint density at radius 2 is 1.46 bits per heavy atom. The highest BCUT2D eigenvalue weighted by molar-refractivity contribution is 9.10. The largest absolute Gasteiger partial charge is 0.295 e. The van der Waals surface area contributed by atoms with Gasteiger partial charge in [-0.25, -0.2) is 0 Å². The van der Waals surface area contributed by atoms with Gasteiger partial charge < -0.3 is 0 Å². The van der Waals surface area contributed by atoms with Crippen molar-refractivity contribution in [2.24, 2.45) is 0 Å². The van der Waals surface area contributed by atoms with E-state index in [1.807, 2.05) is 6.07 Å². The Morgan fingerprint density at radius 3 is 2.00 bits per heavy atom. The first-order valence-corrected chi connectivity index (χ1v) is 7.99. The molecule has 2 aromatic carbocycles. The summed E-state index contributed by atoms with van der Waals surface area (Å²) < 4.78 is 0.569. The van der Waals surface area contributed by atoms with Crippen molar-refractivity contribution in [2.75, 3.05) is 10.9 Å². The van der Waals surface area contributed by atoms with Crippen LogP contribution in [0.3, 0.4) is 0 Å². The van der Waals surface area contributed by atoms with Crippen molar-refractivity contribution in [3.63, 3.8) is 0 Å². The number of halogens is 1. The lowest BCUT2D eigenvalue weighted by Gasteiger charge is -2.11. The average Bonchev–Trinajstić information content (AvgIpc) is 3.38. The van der Waals surface area contributed by atoms with E-state index in [1.54, 1.807) is 18.2 Å². The van der Waals surface area contributed by atoms with E-state index in [-0.39, 0.29) is 22.7 Å². The molecule has 0 saturated heterocycles. The number of hydrogen-bond acceptors (Lipinski definition) is 6. The lowest BCUT2D eigenvalue weighted by atomic mass is 10.1. The van der Waals surface area contributed by atoms with Gasteiger partial charge in [-0.05, 0) is 42.5 Å². The van der Waals surface area contributed by atoms with Gasteiger partial charge in [0.05, 0.1) is 9.85 Å². The second-order valence-electron chi connectivity index (χ2n) is 5.48. The summed E-state index contributed by atoms with van der Waals surface area (Å²) in [6.45, 7) is 0. The molecule has 2 aromatic rings. The van der Waals surface area contributed by atoms with E-state index in [2.05, 4.69) is 26.8 Å². The van der Waals surface area contributed by atoms with E-state index in [1.165, 1.54) is 12.1 Å². The van der Waals surface area contributed by atoms with Crippen LogP contribution in [0.5, 0.6) is 0 Å². The minimum atomic E-state index is -0.528. The van der Waals surface area contributed by atoms with Crippen molar-refractivity contribution >= 4 is 38.7 Å². The molecule has 0 aliphatic heterocycles. The fourth-order valence-corrected chi connectivity index (χ4v) is 2.72. The highest BCUT2D eigenvalue weighted by Gasteiger charge is 2.26. The van der Waals surface area contributed by atoms with Gasteiger partial charge in [0.15, 0.2) is 0 Å². The van der Waals surface area contributed by atoms with Crippen LogP contribution in [0, 0.1) is 20.2 Å². The van der Waals surface area contributed by atoms with E-state index >= 15 is 0 Å². The number of nitro benzene ring substituents is 2. The fourth-order valence-electron chi connectivity index (χ4n) is 2.37. The quantitative estimate of drug-likeness (QED) is 0.549. The topological polar surface area (TPSA) is 110 Å². The Bertz CT molecular complexity index is 823. The van der Waals surface area contributed by atoms with Crippen LogP contribution in [0.25, 0.3) is 0 Å². The zero-order chi connectivity index (χ0) is 17.3. The number of nitrogens with zero attached hydrogens (tertiary/aromatic N) is 2. The molecule has 2 N–H and O–H groups in total. The average molecular weight is 393 g/mol. The minimum absolute atomic E-state index is 0.0633. The molecular weight excluding hydrogens is 380 g/mol. The third kappa shape index (κ3) is 3.46. The Kier molecular flexibility index (Phi) is 4.34. The zero-order valence-corrected chi connectivity index (χ0v) is 13.9. The van der Waals surface area contributed by atoms with Crippen LogP contribution < -0.4 is 10.9 Å². The van der Waals surface area contributed by atoms with Gasteiger partial charge in [-0.3, -0.25) is 31.1 Å². The van der Waals surface area contributed by atoms with Crippen molar-refractivity contribution in [3.8, 4) is 0 Å². The molecule has 0 heterocycles. The summed E-state index contributed by atoms with van der Waals surface area (Å²) in [5, 5.41) is 22.4. The molecule has 24 heavy (non-hydrogen) atoms.